The van der Waals surface area contributed by atoms with E-state index in [0.717, 1.165) is 0 Å². The van der Waals surface area contributed by atoms with Crippen molar-refractivity contribution in [2.75, 3.05) is 12.4 Å². The van der Waals surface area contributed by atoms with E-state index in [1.54, 1.807) is 24.3 Å². The van der Waals surface area contributed by atoms with Crippen molar-refractivity contribution >= 4 is 33.5 Å². The van der Waals surface area contributed by atoms with Crippen LogP contribution in [0, 0.1) is 0 Å². The van der Waals surface area contributed by atoms with Gasteiger partial charge in [0, 0.05) is 16.8 Å². The van der Waals surface area contributed by atoms with Gasteiger partial charge in [-0.1, -0.05) is 0 Å². The summed E-state index contributed by atoms with van der Waals surface area (Å²) >= 11 is 0. The molecule has 0 fully saturated rings. The van der Waals surface area contributed by atoms with E-state index in [4.69, 9.17) is 18.0 Å². The van der Waals surface area contributed by atoms with E-state index < -0.39 is 11.5 Å². The van der Waals surface area contributed by atoms with Crippen LogP contribution in [-0.2, 0) is 0 Å². The topological polar surface area (TPSA) is 94.8 Å². The molecule has 0 bridgehead atoms. The van der Waals surface area contributed by atoms with Gasteiger partial charge < -0.3 is 23.3 Å². The number of amides is 1. The molecule has 0 aliphatic rings. The molecule has 120 valence electrons. The Bertz CT molecular complexity index is 1100. The summed E-state index contributed by atoms with van der Waals surface area (Å²) in [6.07, 6.45) is 2.88. The van der Waals surface area contributed by atoms with Gasteiger partial charge in [-0.2, -0.15) is 0 Å². The molecule has 1 aromatic carbocycles. The normalized spacial score (nSPS) is 11.0. The molecule has 0 spiro atoms. The first-order chi connectivity index (χ1) is 11.7. The second-order valence-corrected chi connectivity index (χ2v) is 5.00. The summed E-state index contributed by atoms with van der Waals surface area (Å²) in [6.45, 7) is 0. The Balaban J connectivity index is 2.00. The lowest BCUT2D eigenvalue weighted by atomic mass is 10.1. The number of rotatable bonds is 3. The van der Waals surface area contributed by atoms with Gasteiger partial charge >= 0.3 is 5.63 Å². The van der Waals surface area contributed by atoms with E-state index in [2.05, 4.69) is 5.32 Å². The number of ether oxygens (including phenoxy) is 1. The lowest BCUT2D eigenvalue weighted by molar-refractivity contribution is 0.0997. The lowest BCUT2D eigenvalue weighted by Crippen LogP contribution is -2.12. The van der Waals surface area contributed by atoms with E-state index in [-0.39, 0.29) is 11.3 Å². The van der Waals surface area contributed by atoms with Gasteiger partial charge in [0.25, 0.3) is 5.91 Å². The van der Waals surface area contributed by atoms with Crippen molar-refractivity contribution in [3.63, 3.8) is 0 Å². The Morgan fingerprint density at radius 2 is 1.88 bits per heavy atom. The highest BCUT2D eigenvalue weighted by atomic mass is 16.5. The molecule has 7 nitrogen and oxygen atoms in total. The lowest BCUT2D eigenvalue weighted by Gasteiger charge is -2.11. The van der Waals surface area contributed by atoms with Crippen molar-refractivity contribution in [2.45, 2.75) is 0 Å². The molecule has 0 saturated heterocycles. The zero-order chi connectivity index (χ0) is 16.7. The van der Waals surface area contributed by atoms with Crippen LogP contribution in [0.2, 0.25) is 0 Å². The molecule has 0 aliphatic carbocycles. The van der Waals surface area contributed by atoms with Gasteiger partial charge in [-0.15, -0.1) is 0 Å². The molecule has 7 heteroatoms. The van der Waals surface area contributed by atoms with Crippen LogP contribution < -0.4 is 15.7 Å². The molecule has 24 heavy (non-hydrogen) atoms. The molecule has 3 heterocycles. The SMILES string of the molecule is COc1c2occc2c(NC(=O)c2ccco2)c2ccc(=O)oc12. The Labute approximate surface area is 134 Å². The average Bonchev–Trinajstić information content (AvgIpc) is 3.26. The second kappa shape index (κ2) is 5.31. The van der Waals surface area contributed by atoms with Crippen molar-refractivity contribution in [1.82, 2.24) is 0 Å². The van der Waals surface area contributed by atoms with Crippen LogP contribution in [-0.4, -0.2) is 13.0 Å². The van der Waals surface area contributed by atoms with Crippen LogP contribution in [0.1, 0.15) is 10.6 Å². The highest BCUT2D eigenvalue weighted by Gasteiger charge is 2.21. The number of anilines is 1. The van der Waals surface area contributed by atoms with Crippen molar-refractivity contribution in [2.24, 2.45) is 0 Å². The minimum Gasteiger partial charge on any atom is -0.490 e. The fraction of sp³-hybridized carbons (Fsp3) is 0.0588. The summed E-state index contributed by atoms with van der Waals surface area (Å²) in [7, 11) is 1.45. The Hall–Kier alpha value is -3.48. The quantitative estimate of drug-likeness (QED) is 0.580. The van der Waals surface area contributed by atoms with Crippen LogP contribution in [0.15, 0.2) is 60.9 Å². The van der Waals surface area contributed by atoms with Gasteiger partial charge in [-0.05, 0) is 24.3 Å². The fourth-order valence-electron chi connectivity index (χ4n) is 2.62. The highest BCUT2D eigenvalue weighted by Crippen LogP contribution is 2.41. The predicted octanol–water partition coefficient (Wildman–Crippen LogP) is 3.39. The molecule has 1 N–H and O–H groups in total. The van der Waals surface area contributed by atoms with Crippen LogP contribution in [0.3, 0.4) is 0 Å². The zero-order valence-electron chi connectivity index (χ0n) is 12.5. The van der Waals surface area contributed by atoms with Gasteiger partial charge in [0.2, 0.25) is 5.75 Å². The maximum Gasteiger partial charge on any atom is 0.336 e. The maximum atomic E-state index is 12.3. The third-order valence-corrected chi connectivity index (χ3v) is 3.64. The maximum absolute atomic E-state index is 12.3. The fourth-order valence-corrected chi connectivity index (χ4v) is 2.62. The number of benzene rings is 1. The van der Waals surface area contributed by atoms with Gasteiger partial charge in [-0.25, -0.2) is 4.79 Å². The molecule has 0 atom stereocenters. The summed E-state index contributed by atoms with van der Waals surface area (Å²) < 4.78 is 21.1. The minimum absolute atomic E-state index is 0.160. The number of hydrogen-bond donors (Lipinski definition) is 1. The molecule has 0 saturated carbocycles. The first kappa shape index (κ1) is 14.1. The van der Waals surface area contributed by atoms with Gasteiger partial charge in [0.05, 0.1) is 25.3 Å². The molecule has 0 aliphatic heterocycles. The van der Waals surface area contributed by atoms with E-state index in [0.29, 0.717) is 27.8 Å². The molecule has 3 aromatic heterocycles. The number of furan rings is 2. The smallest absolute Gasteiger partial charge is 0.336 e. The van der Waals surface area contributed by atoms with E-state index >= 15 is 0 Å². The molecule has 0 radical (unpaired) electrons. The van der Waals surface area contributed by atoms with Crippen LogP contribution in [0.4, 0.5) is 5.69 Å². The molecule has 0 unspecified atom stereocenters. The van der Waals surface area contributed by atoms with Crippen molar-refractivity contribution in [3.05, 3.63) is 59.0 Å². The zero-order valence-corrected chi connectivity index (χ0v) is 12.5. The molecule has 4 aromatic rings. The Kier molecular flexibility index (Phi) is 3.13. The van der Waals surface area contributed by atoms with Gasteiger partial charge in [0.15, 0.2) is 16.9 Å². The standard InChI is InChI=1S/C17H11NO6/c1-21-16-14-10(6-8-23-14)13(9-4-5-12(19)24-15(9)16)18-17(20)11-3-2-7-22-11/h2-8H,1H3,(H,18,20). The largest absolute Gasteiger partial charge is 0.490 e. The summed E-state index contributed by atoms with van der Waals surface area (Å²) in [5, 5.41) is 3.91. The van der Waals surface area contributed by atoms with Crippen LogP contribution in [0.5, 0.6) is 5.75 Å². The average molecular weight is 325 g/mol. The number of carbonyl (C=O) groups excluding carboxylic acids is 1. The summed E-state index contributed by atoms with van der Waals surface area (Å²) in [5.41, 5.74) is 0.478. The van der Waals surface area contributed by atoms with Crippen molar-refractivity contribution < 1.29 is 22.8 Å². The van der Waals surface area contributed by atoms with Gasteiger partial charge in [-0.3, -0.25) is 4.79 Å². The second-order valence-electron chi connectivity index (χ2n) is 5.00. The Morgan fingerprint density at radius 1 is 1.04 bits per heavy atom. The predicted molar refractivity (Wildman–Crippen MR) is 85.5 cm³/mol. The van der Waals surface area contributed by atoms with Gasteiger partial charge in [0.1, 0.15) is 0 Å². The number of nitrogens with one attached hydrogen (secondary N) is 1. The number of methoxy groups -OCH3 is 1. The monoisotopic (exact) mass is 325 g/mol. The van der Waals surface area contributed by atoms with Crippen LogP contribution >= 0.6 is 0 Å². The Morgan fingerprint density at radius 3 is 2.62 bits per heavy atom. The minimum atomic E-state index is -0.532. The number of fused-ring (bicyclic) bond motifs is 2. The van der Waals surface area contributed by atoms with E-state index in [9.17, 15) is 9.59 Å². The first-order valence-electron chi connectivity index (χ1n) is 7.05. The van der Waals surface area contributed by atoms with Crippen LogP contribution in [0.25, 0.3) is 21.9 Å². The van der Waals surface area contributed by atoms with E-state index in [1.807, 2.05) is 0 Å². The van der Waals surface area contributed by atoms with E-state index in [1.165, 1.54) is 25.7 Å². The first-order valence-corrected chi connectivity index (χ1v) is 7.05. The molecular formula is C17H11NO6. The summed E-state index contributed by atoms with van der Waals surface area (Å²) in [5.74, 6) is 0.0202. The molecular weight excluding hydrogens is 314 g/mol. The number of carbonyl (C=O) groups is 1. The molecule has 1 amide bonds. The van der Waals surface area contributed by atoms with Crippen molar-refractivity contribution in [3.8, 4) is 5.75 Å². The van der Waals surface area contributed by atoms with Crippen molar-refractivity contribution in [1.29, 1.82) is 0 Å². The highest BCUT2D eigenvalue weighted by molar-refractivity contribution is 6.18. The summed E-state index contributed by atoms with van der Waals surface area (Å²) in [6, 6.07) is 7.70. The number of hydrogen-bond acceptors (Lipinski definition) is 6. The molecule has 4 rings (SSSR count). The summed E-state index contributed by atoms with van der Waals surface area (Å²) in [4.78, 5) is 23.9. The third-order valence-electron chi connectivity index (χ3n) is 3.64. The third kappa shape index (κ3) is 2.06.